The molecule has 0 radical (unpaired) electrons. The lowest BCUT2D eigenvalue weighted by molar-refractivity contribution is -0.140. The van der Waals surface area contributed by atoms with Gasteiger partial charge in [0.05, 0.1) is 19.6 Å². The van der Waals surface area contributed by atoms with E-state index in [0.717, 1.165) is 19.3 Å². The molecule has 0 aromatic carbocycles. The number of carbonyl (C=O) groups is 1. The zero-order valence-electron chi connectivity index (χ0n) is 7.95. The molecule has 0 unspecified atom stereocenters. The first-order chi connectivity index (χ1) is 6.24. The van der Waals surface area contributed by atoms with E-state index in [4.69, 9.17) is 0 Å². The summed E-state index contributed by atoms with van der Waals surface area (Å²) >= 11 is 0. The lowest BCUT2D eigenvalue weighted by Crippen LogP contribution is -2.36. The molecule has 1 aliphatic rings. The van der Waals surface area contributed by atoms with Crippen molar-refractivity contribution in [2.45, 2.75) is 37.8 Å². The SMILES string of the molecule is COC(=O)CCN[C@H]1CCC[C@@H]1O. The molecule has 1 fully saturated rings. The van der Waals surface area contributed by atoms with Crippen molar-refractivity contribution >= 4 is 5.97 Å². The molecule has 2 atom stereocenters. The first-order valence-electron chi connectivity index (χ1n) is 4.72. The molecule has 4 nitrogen and oxygen atoms in total. The smallest absolute Gasteiger partial charge is 0.306 e. The van der Waals surface area contributed by atoms with Gasteiger partial charge in [0.1, 0.15) is 0 Å². The van der Waals surface area contributed by atoms with Gasteiger partial charge in [0.25, 0.3) is 0 Å². The fourth-order valence-corrected chi connectivity index (χ4v) is 1.64. The van der Waals surface area contributed by atoms with Crippen LogP contribution in [0.2, 0.25) is 0 Å². The molecule has 2 N–H and O–H groups in total. The second kappa shape index (κ2) is 5.19. The Labute approximate surface area is 78.3 Å². The molecule has 0 saturated heterocycles. The van der Waals surface area contributed by atoms with Crippen LogP contribution >= 0.6 is 0 Å². The molecule has 4 heteroatoms. The summed E-state index contributed by atoms with van der Waals surface area (Å²) in [5, 5.41) is 12.6. The van der Waals surface area contributed by atoms with Crippen LogP contribution in [0.15, 0.2) is 0 Å². The van der Waals surface area contributed by atoms with Crippen LogP contribution < -0.4 is 5.32 Å². The largest absolute Gasteiger partial charge is 0.469 e. The molecule has 1 saturated carbocycles. The molecule has 0 spiro atoms. The lowest BCUT2D eigenvalue weighted by atomic mass is 10.2. The van der Waals surface area contributed by atoms with Crippen LogP contribution in [0.25, 0.3) is 0 Å². The van der Waals surface area contributed by atoms with E-state index >= 15 is 0 Å². The zero-order chi connectivity index (χ0) is 9.68. The van der Waals surface area contributed by atoms with Gasteiger partial charge in [-0.25, -0.2) is 0 Å². The van der Waals surface area contributed by atoms with Crippen LogP contribution in [0.3, 0.4) is 0 Å². The second-order valence-electron chi connectivity index (χ2n) is 3.39. The van der Waals surface area contributed by atoms with Crippen molar-refractivity contribution in [3.63, 3.8) is 0 Å². The number of nitrogens with one attached hydrogen (secondary N) is 1. The number of methoxy groups -OCH3 is 1. The number of carbonyl (C=O) groups excluding carboxylic acids is 1. The summed E-state index contributed by atoms with van der Waals surface area (Å²) in [7, 11) is 1.38. The van der Waals surface area contributed by atoms with E-state index in [-0.39, 0.29) is 18.1 Å². The maximum Gasteiger partial charge on any atom is 0.306 e. The van der Waals surface area contributed by atoms with Crippen molar-refractivity contribution in [1.29, 1.82) is 0 Å². The number of aliphatic hydroxyl groups excluding tert-OH is 1. The number of rotatable bonds is 4. The van der Waals surface area contributed by atoms with E-state index in [1.54, 1.807) is 0 Å². The Morgan fingerprint density at radius 2 is 2.38 bits per heavy atom. The lowest BCUT2D eigenvalue weighted by Gasteiger charge is -2.15. The number of hydrogen-bond acceptors (Lipinski definition) is 4. The third-order valence-corrected chi connectivity index (χ3v) is 2.44. The van der Waals surface area contributed by atoms with E-state index in [0.29, 0.717) is 13.0 Å². The number of ether oxygens (including phenoxy) is 1. The van der Waals surface area contributed by atoms with Gasteiger partial charge in [-0.15, -0.1) is 0 Å². The quantitative estimate of drug-likeness (QED) is 0.611. The molecule has 0 heterocycles. The van der Waals surface area contributed by atoms with Gasteiger partial charge in [-0.05, 0) is 19.3 Å². The first-order valence-corrected chi connectivity index (χ1v) is 4.72. The maximum atomic E-state index is 10.7. The average molecular weight is 187 g/mol. The minimum atomic E-state index is -0.238. The summed E-state index contributed by atoms with van der Waals surface area (Å²) in [6.45, 7) is 0.592. The second-order valence-corrected chi connectivity index (χ2v) is 3.39. The molecule has 76 valence electrons. The Morgan fingerprint density at radius 3 is 2.92 bits per heavy atom. The molecule has 1 aliphatic carbocycles. The first kappa shape index (κ1) is 10.5. The standard InChI is InChI=1S/C9H17NO3/c1-13-9(12)5-6-10-7-3-2-4-8(7)11/h7-8,10-11H,2-6H2,1H3/t7-,8-/m0/s1. The van der Waals surface area contributed by atoms with E-state index in [9.17, 15) is 9.90 Å². The van der Waals surface area contributed by atoms with Gasteiger partial charge < -0.3 is 15.2 Å². The van der Waals surface area contributed by atoms with Crippen LogP contribution in [0.1, 0.15) is 25.7 Å². The minimum Gasteiger partial charge on any atom is -0.469 e. The Hall–Kier alpha value is -0.610. The Balaban J connectivity index is 2.08. The predicted molar refractivity (Wildman–Crippen MR) is 48.3 cm³/mol. The van der Waals surface area contributed by atoms with Gasteiger partial charge in [0, 0.05) is 12.6 Å². The highest BCUT2D eigenvalue weighted by Crippen LogP contribution is 2.18. The molecular weight excluding hydrogens is 170 g/mol. The molecular formula is C9H17NO3. The summed E-state index contributed by atoms with van der Waals surface area (Å²) < 4.78 is 4.50. The topological polar surface area (TPSA) is 58.6 Å². The summed E-state index contributed by atoms with van der Waals surface area (Å²) in [4.78, 5) is 10.7. The average Bonchev–Trinajstić information content (AvgIpc) is 2.52. The van der Waals surface area contributed by atoms with E-state index < -0.39 is 0 Å². The Morgan fingerprint density at radius 1 is 1.62 bits per heavy atom. The Kier molecular flexibility index (Phi) is 4.18. The number of hydrogen-bond donors (Lipinski definition) is 2. The van der Waals surface area contributed by atoms with Crippen LogP contribution in [0, 0.1) is 0 Å². The van der Waals surface area contributed by atoms with E-state index in [1.807, 2.05) is 0 Å². The van der Waals surface area contributed by atoms with Crippen molar-refractivity contribution in [3.8, 4) is 0 Å². The predicted octanol–water partition coefficient (Wildman–Crippen LogP) is 0.0525. The third-order valence-electron chi connectivity index (χ3n) is 2.44. The Bertz CT molecular complexity index is 172. The van der Waals surface area contributed by atoms with Gasteiger partial charge >= 0.3 is 5.97 Å². The van der Waals surface area contributed by atoms with Crippen molar-refractivity contribution in [2.24, 2.45) is 0 Å². The normalized spacial score (nSPS) is 27.5. The third kappa shape index (κ3) is 3.32. The molecule has 0 bridgehead atoms. The van der Waals surface area contributed by atoms with Gasteiger partial charge in [-0.3, -0.25) is 4.79 Å². The summed E-state index contributed by atoms with van der Waals surface area (Å²) in [6.07, 6.45) is 3.08. The van der Waals surface area contributed by atoms with Gasteiger partial charge in [0.2, 0.25) is 0 Å². The van der Waals surface area contributed by atoms with Gasteiger partial charge in [0.15, 0.2) is 0 Å². The van der Waals surface area contributed by atoms with Crippen molar-refractivity contribution in [1.82, 2.24) is 5.32 Å². The number of esters is 1. The molecule has 0 aromatic rings. The molecule has 13 heavy (non-hydrogen) atoms. The minimum absolute atomic E-state index is 0.171. The molecule has 0 aliphatic heterocycles. The zero-order valence-corrected chi connectivity index (χ0v) is 7.95. The fraction of sp³-hybridized carbons (Fsp3) is 0.889. The van der Waals surface area contributed by atoms with Crippen LogP contribution in [-0.2, 0) is 9.53 Å². The van der Waals surface area contributed by atoms with Crippen LogP contribution in [-0.4, -0.2) is 36.9 Å². The summed E-state index contributed by atoms with van der Waals surface area (Å²) in [5.74, 6) is -0.208. The molecule has 1 rings (SSSR count). The maximum absolute atomic E-state index is 10.7. The molecule has 0 amide bonds. The van der Waals surface area contributed by atoms with E-state index in [1.165, 1.54) is 7.11 Å². The monoisotopic (exact) mass is 187 g/mol. The van der Waals surface area contributed by atoms with Crippen LogP contribution in [0.4, 0.5) is 0 Å². The van der Waals surface area contributed by atoms with Gasteiger partial charge in [-0.2, -0.15) is 0 Å². The fourth-order valence-electron chi connectivity index (χ4n) is 1.64. The molecule has 0 aromatic heterocycles. The van der Waals surface area contributed by atoms with Crippen molar-refractivity contribution in [2.75, 3.05) is 13.7 Å². The highest BCUT2D eigenvalue weighted by molar-refractivity contribution is 5.69. The number of aliphatic hydroxyl groups is 1. The van der Waals surface area contributed by atoms with E-state index in [2.05, 4.69) is 10.1 Å². The summed E-state index contributed by atoms with van der Waals surface area (Å²) in [6, 6.07) is 0.171. The van der Waals surface area contributed by atoms with Crippen LogP contribution in [0.5, 0.6) is 0 Å². The summed E-state index contributed by atoms with van der Waals surface area (Å²) in [5.41, 5.74) is 0. The van der Waals surface area contributed by atoms with Crippen molar-refractivity contribution in [3.05, 3.63) is 0 Å². The van der Waals surface area contributed by atoms with Crippen molar-refractivity contribution < 1.29 is 14.6 Å². The van der Waals surface area contributed by atoms with Gasteiger partial charge in [-0.1, -0.05) is 0 Å². The highest BCUT2D eigenvalue weighted by Gasteiger charge is 2.24. The highest BCUT2D eigenvalue weighted by atomic mass is 16.5.